The minimum absolute atomic E-state index is 0.0259. The third-order valence-corrected chi connectivity index (χ3v) is 10.9. The first-order chi connectivity index (χ1) is 23.4. The van der Waals surface area contributed by atoms with Crippen LogP contribution in [0.4, 0.5) is 5.69 Å². The molecule has 4 aromatic rings. The minimum Gasteiger partial charge on any atom is -0.494 e. The van der Waals surface area contributed by atoms with Gasteiger partial charge in [0.2, 0.25) is 11.8 Å². The molecule has 0 unspecified atom stereocenters. The molecule has 0 aliphatic rings. The molecule has 1 atom stereocenters. The summed E-state index contributed by atoms with van der Waals surface area (Å²) in [5, 5.41) is 3.63. The van der Waals surface area contributed by atoms with Crippen molar-refractivity contribution in [1.82, 2.24) is 10.2 Å². The van der Waals surface area contributed by atoms with Crippen molar-refractivity contribution >= 4 is 62.5 Å². The van der Waals surface area contributed by atoms with Gasteiger partial charge in [-0.3, -0.25) is 13.9 Å². The molecule has 0 heterocycles. The van der Waals surface area contributed by atoms with Crippen LogP contribution in [0.1, 0.15) is 31.9 Å². The van der Waals surface area contributed by atoms with Crippen LogP contribution in [0.2, 0.25) is 10.0 Å². The Labute approximate surface area is 303 Å². The topological polar surface area (TPSA) is 96.0 Å². The van der Waals surface area contributed by atoms with Crippen LogP contribution in [-0.2, 0) is 32.6 Å². The molecule has 12 heteroatoms. The van der Waals surface area contributed by atoms with Crippen LogP contribution in [0.3, 0.4) is 0 Å². The fourth-order valence-corrected chi connectivity index (χ4v) is 7.23. The number of ether oxygens (including phenoxy) is 1. The monoisotopic (exact) mass is 741 g/mol. The number of sulfonamides is 1. The van der Waals surface area contributed by atoms with E-state index >= 15 is 0 Å². The number of rotatable bonds is 16. The Morgan fingerprint density at radius 3 is 2.14 bits per heavy atom. The van der Waals surface area contributed by atoms with Crippen molar-refractivity contribution in [3.05, 3.63) is 118 Å². The predicted octanol–water partition coefficient (Wildman–Crippen LogP) is 7.72. The lowest BCUT2D eigenvalue weighted by molar-refractivity contribution is -0.140. The first-order valence-electron chi connectivity index (χ1n) is 15.9. The van der Waals surface area contributed by atoms with Gasteiger partial charge in [0.25, 0.3) is 10.0 Å². The molecule has 0 saturated carbocycles. The number of thioether (sulfide) groups is 1. The van der Waals surface area contributed by atoms with E-state index in [1.54, 1.807) is 54.6 Å². The van der Waals surface area contributed by atoms with Gasteiger partial charge in [0.05, 0.1) is 27.2 Å². The fraction of sp³-hybridized carbons (Fsp3) is 0.297. The summed E-state index contributed by atoms with van der Waals surface area (Å²) in [4.78, 5) is 30.9. The lowest BCUT2D eigenvalue weighted by Crippen LogP contribution is -2.53. The van der Waals surface area contributed by atoms with E-state index in [1.165, 1.54) is 28.8 Å². The first-order valence-corrected chi connectivity index (χ1v) is 19.3. The molecular weight excluding hydrogens is 701 g/mol. The summed E-state index contributed by atoms with van der Waals surface area (Å²) < 4.78 is 35.3. The quantitative estimate of drug-likeness (QED) is 0.118. The first kappa shape index (κ1) is 38.1. The molecule has 4 aromatic carbocycles. The van der Waals surface area contributed by atoms with Gasteiger partial charge in [0.15, 0.2) is 0 Å². The van der Waals surface area contributed by atoms with E-state index in [2.05, 4.69) is 5.32 Å². The molecule has 4 rings (SSSR count). The van der Waals surface area contributed by atoms with Gasteiger partial charge in [-0.25, -0.2) is 8.42 Å². The van der Waals surface area contributed by atoms with E-state index in [9.17, 15) is 18.0 Å². The normalized spacial score (nSPS) is 12.0. The summed E-state index contributed by atoms with van der Waals surface area (Å²) in [5.41, 5.74) is 1.73. The standard InChI is InChI=1S/C37H41Cl2N3O5S2/c1-5-47-30-14-12-29(13-15-30)42(49(45,46)32-18-16-31(48-4)17-19-32)25-36(43)41(24-28-11-20-33(38)34(39)21-28)35(37(44)40-23-26(2)3)22-27-9-7-6-8-10-27/h6-21,26,35H,5,22-25H2,1-4H3,(H,40,44)/t35-/m0/s1. The van der Waals surface area contributed by atoms with Gasteiger partial charge in [-0.15, -0.1) is 11.8 Å². The van der Waals surface area contributed by atoms with E-state index in [0.29, 0.717) is 34.5 Å². The Kier molecular flexibility index (Phi) is 13.8. The molecule has 8 nitrogen and oxygen atoms in total. The highest BCUT2D eigenvalue weighted by atomic mass is 35.5. The molecule has 1 N–H and O–H groups in total. The summed E-state index contributed by atoms with van der Waals surface area (Å²) >= 11 is 14.1. The Hall–Kier alpha value is -3.70. The van der Waals surface area contributed by atoms with E-state index in [-0.39, 0.29) is 35.4 Å². The van der Waals surface area contributed by atoms with Gasteiger partial charge in [0.1, 0.15) is 18.3 Å². The van der Waals surface area contributed by atoms with Gasteiger partial charge in [-0.2, -0.15) is 0 Å². The molecule has 0 aliphatic carbocycles. The van der Waals surface area contributed by atoms with Crippen LogP contribution in [0.5, 0.6) is 5.75 Å². The third kappa shape index (κ3) is 10.4. The number of benzene rings is 4. The number of nitrogens with zero attached hydrogens (tertiary/aromatic N) is 2. The van der Waals surface area contributed by atoms with Crippen LogP contribution in [0.25, 0.3) is 0 Å². The van der Waals surface area contributed by atoms with Gasteiger partial charge < -0.3 is 15.0 Å². The fourth-order valence-electron chi connectivity index (χ4n) is 5.09. The molecule has 0 saturated heterocycles. The second-order valence-corrected chi connectivity index (χ2v) is 15.3. The number of carbonyl (C=O) groups is 2. The number of carbonyl (C=O) groups excluding carboxylic acids is 2. The van der Waals surface area contributed by atoms with Gasteiger partial charge >= 0.3 is 0 Å². The molecular formula is C37H41Cl2N3O5S2. The zero-order valence-corrected chi connectivity index (χ0v) is 31.1. The maximum Gasteiger partial charge on any atom is 0.264 e. The van der Waals surface area contributed by atoms with E-state index in [0.717, 1.165) is 14.8 Å². The SMILES string of the molecule is CCOc1ccc(N(CC(=O)N(Cc2ccc(Cl)c(Cl)c2)[C@@H](Cc2ccccc2)C(=O)NCC(C)C)S(=O)(=O)c2ccc(SC)cc2)cc1. The molecule has 0 bridgehead atoms. The molecule has 0 aliphatic heterocycles. The van der Waals surface area contributed by atoms with Crippen molar-refractivity contribution in [2.75, 3.05) is 30.3 Å². The van der Waals surface area contributed by atoms with Crippen molar-refractivity contribution in [3.8, 4) is 5.75 Å². The summed E-state index contributed by atoms with van der Waals surface area (Å²) in [6, 6.07) is 26.4. The molecule has 2 amide bonds. The van der Waals surface area contributed by atoms with Crippen LogP contribution >= 0.6 is 35.0 Å². The third-order valence-electron chi connectivity index (χ3n) is 7.65. The smallest absolute Gasteiger partial charge is 0.264 e. The Morgan fingerprint density at radius 2 is 1.55 bits per heavy atom. The van der Waals surface area contributed by atoms with Crippen LogP contribution in [0, 0.1) is 5.92 Å². The second kappa shape index (κ2) is 17.8. The largest absolute Gasteiger partial charge is 0.494 e. The Morgan fingerprint density at radius 1 is 0.878 bits per heavy atom. The van der Waals surface area contributed by atoms with E-state index in [1.807, 2.05) is 57.4 Å². The second-order valence-electron chi connectivity index (χ2n) is 11.7. The van der Waals surface area contributed by atoms with Gasteiger partial charge in [-0.05, 0) is 90.9 Å². The number of hydrogen-bond donors (Lipinski definition) is 1. The summed E-state index contributed by atoms with van der Waals surface area (Å²) in [6.07, 6.45) is 2.10. The Bertz CT molecular complexity index is 1810. The van der Waals surface area contributed by atoms with Crippen molar-refractivity contribution in [1.29, 1.82) is 0 Å². The zero-order chi connectivity index (χ0) is 35.6. The van der Waals surface area contributed by atoms with Gasteiger partial charge in [-0.1, -0.05) is 73.4 Å². The molecule has 0 fully saturated rings. The summed E-state index contributed by atoms with van der Waals surface area (Å²) in [6.45, 7) is 6.05. The molecule has 0 radical (unpaired) electrons. The molecule has 0 spiro atoms. The highest BCUT2D eigenvalue weighted by Gasteiger charge is 2.35. The molecule has 260 valence electrons. The number of nitrogens with one attached hydrogen (secondary N) is 1. The zero-order valence-electron chi connectivity index (χ0n) is 27.9. The number of halogens is 2. The highest BCUT2D eigenvalue weighted by Crippen LogP contribution is 2.29. The summed E-state index contributed by atoms with van der Waals surface area (Å²) in [7, 11) is -4.25. The maximum absolute atomic E-state index is 14.7. The average molecular weight is 743 g/mol. The predicted molar refractivity (Wildman–Crippen MR) is 199 cm³/mol. The van der Waals surface area contributed by atoms with Crippen molar-refractivity contribution in [3.63, 3.8) is 0 Å². The van der Waals surface area contributed by atoms with Crippen molar-refractivity contribution in [2.45, 2.75) is 49.6 Å². The van der Waals surface area contributed by atoms with Crippen molar-refractivity contribution in [2.24, 2.45) is 5.92 Å². The van der Waals surface area contributed by atoms with Crippen LogP contribution < -0.4 is 14.4 Å². The van der Waals surface area contributed by atoms with Crippen LogP contribution in [0.15, 0.2) is 107 Å². The van der Waals surface area contributed by atoms with E-state index < -0.39 is 28.5 Å². The lowest BCUT2D eigenvalue weighted by Gasteiger charge is -2.34. The minimum atomic E-state index is -4.25. The summed E-state index contributed by atoms with van der Waals surface area (Å²) in [5.74, 6) is -0.206. The number of amides is 2. The Balaban J connectivity index is 1.81. The van der Waals surface area contributed by atoms with Crippen molar-refractivity contribution < 1.29 is 22.7 Å². The number of hydrogen-bond acceptors (Lipinski definition) is 6. The highest BCUT2D eigenvalue weighted by molar-refractivity contribution is 7.98. The van der Waals surface area contributed by atoms with Crippen LogP contribution in [-0.4, -0.2) is 57.1 Å². The lowest BCUT2D eigenvalue weighted by atomic mass is 10.0. The molecule has 0 aromatic heterocycles. The number of anilines is 1. The average Bonchev–Trinajstić information content (AvgIpc) is 3.10. The maximum atomic E-state index is 14.7. The molecule has 49 heavy (non-hydrogen) atoms. The van der Waals surface area contributed by atoms with Gasteiger partial charge in [0, 0.05) is 24.4 Å². The van der Waals surface area contributed by atoms with E-state index in [4.69, 9.17) is 27.9 Å².